The summed E-state index contributed by atoms with van der Waals surface area (Å²) >= 11 is 0. The van der Waals surface area contributed by atoms with Gasteiger partial charge in [0, 0.05) is 12.6 Å². The number of halogens is 1. The Morgan fingerprint density at radius 3 is 2.68 bits per heavy atom. The van der Waals surface area contributed by atoms with Gasteiger partial charge in [0.1, 0.15) is 5.82 Å². The number of nitrogens with zero attached hydrogens (tertiary/aromatic N) is 2. The third-order valence-corrected chi connectivity index (χ3v) is 3.15. The van der Waals surface area contributed by atoms with Crippen molar-refractivity contribution in [3.05, 3.63) is 53.1 Å². The molecule has 2 aromatic rings. The predicted octanol–water partition coefficient (Wildman–Crippen LogP) is 2.96. The van der Waals surface area contributed by atoms with Crippen molar-refractivity contribution >= 4 is 0 Å². The van der Waals surface area contributed by atoms with E-state index < -0.39 is 0 Å². The highest BCUT2D eigenvalue weighted by molar-refractivity contribution is 5.30. The molecule has 0 spiro atoms. The summed E-state index contributed by atoms with van der Waals surface area (Å²) in [4.78, 5) is 0. The molecule has 0 saturated carbocycles. The second-order valence-corrected chi connectivity index (χ2v) is 4.74. The Morgan fingerprint density at radius 1 is 1.37 bits per heavy atom. The van der Waals surface area contributed by atoms with E-state index in [4.69, 9.17) is 0 Å². The maximum Gasteiger partial charge on any atom is 0.128 e. The van der Waals surface area contributed by atoms with Gasteiger partial charge in [-0.1, -0.05) is 25.1 Å². The summed E-state index contributed by atoms with van der Waals surface area (Å²) in [6.07, 6.45) is 1.00. The predicted molar refractivity (Wildman–Crippen MR) is 74.5 cm³/mol. The summed E-state index contributed by atoms with van der Waals surface area (Å²) in [5.41, 5.74) is 2.59. The lowest BCUT2D eigenvalue weighted by Crippen LogP contribution is -2.26. The molecule has 0 bridgehead atoms. The third-order valence-electron chi connectivity index (χ3n) is 3.15. The molecule has 0 saturated heterocycles. The van der Waals surface area contributed by atoms with Crippen molar-refractivity contribution in [2.45, 2.75) is 26.3 Å². The van der Waals surface area contributed by atoms with Crippen LogP contribution in [0.15, 0.2) is 30.3 Å². The number of benzene rings is 1. The standard InChI is InChI=1S/C15H20FN3/c1-4-9-17-15(12-7-5-6-8-13(12)16)14-10-11(2)18-19(14)3/h5-8,10,15,17H,4,9H2,1-3H3. The molecular formula is C15H20FN3. The Labute approximate surface area is 113 Å². The van der Waals surface area contributed by atoms with E-state index in [1.165, 1.54) is 6.07 Å². The molecule has 2 rings (SSSR count). The van der Waals surface area contributed by atoms with Crippen molar-refractivity contribution in [2.24, 2.45) is 7.05 Å². The normalized spacial score (nSPS) is 12.6. The molecule has 1 heterocycles. The van der Waals surface area contributed by atoms with Crippen molar-refractivity contribution in [3.63, 3.8) is 0 Å². The van der Waals surface area contributed by atoms with E-state index in [0.29, 0.717) is 5.56 Å². The second kappa shape index (κ2) is 5.97. The summed E-state index contributed by atoms with van der Waals surface area (Å²) in [6.45, 7) is 4.88. The fraction of sp³-hybridized carbons (Fsp3) is 0.400. The second-order valence-electron chi connectivity index (χ2n) is 4.74. The zero-order valence-corrected chi connectivity index (χ0v) is 11.7. The van der Waals surface area contributed by atoms with Crippen LogP contribution in [0.5, 0.6) is 0 Å². The minimum atomic E-state index is -0.185. The van der Waals surface area contributed by atoms with E-state index >= 15 is 0 Å². The largest absolute Gasteiger partial charge is 0.305 e. The zero-order valence-electron chi connectivity index (χ0n) is 11.7. The number of nitrogens with one attached hydrogen (secondary N) is 1. The first-order valence-corrected chi connectivity index (χ1v) is 6.61. The Hall–Kier alpha value is -1.68. The highest BCUT2D eigenvalue weighted by atomic mass is 19.1. The molecule has 1 aromatic carbocycles. The Balaban J connectivity index is 2.41. The fourth-order valence-corrected chi connectivity index (χ4v) is 2.27. The fourth-order valence-electron chi connectivity index (χ4n) is 2.27. The number of aromatic nitrogens is 2. The molecule has 0 aliphatic carbocycles. The van der Waals surface area contributed by atoms with Crippen molar-refractivity contribution in [2.75, 3.05) is 6.54 Å². The first kappa shape index (κ1) is 13.7. The number of hydrogen-bond acceptors (Lipinski definition) is 2. The van der Waals surface area contributed by atoms with Crippen molar-refractivity contribution in [3.8, 4) is 0 Å². The van der Waals surface area contributed by atoms with Crippen molar-refractivity contribution < 1.29 is 4.39 Å². The molecule has 0 radical (unpaired) electrons. The highest BCUT2D eigenvalue weighted by Gasteiger charge is 2.20. The van der Waals surface area contributed by atoms with Crippen LogP contribution in [-0.4, -0.2) is 16.3 Å². The van der Waals surface area contributed by atoms with Gasteiger partial charge in [0.15, 0.2) is 0 Å². The maximum atomic E-state index is 14.0. The van der Waals surface area contributed by atoms with Crippen LogP contribution < -0.4 is 5.32 Å². The molecule has 1 aromatic heterocycles. The molecule has 102 valence electrons. The van der Waals surface area contributed by atoms with Crippen LogP contribution in [0.4, 0.5) is 4.39 Å². The first-order chi connectivity index (χ1) is 9.13. The average Bonchev–Trinajstić information content (AvgIpc) is 2.71. The summed E-state index contributed by atoms with van der Waals surface area (Å²) in [7, 11) is 1.89. The minimum absolute atomic E-state index is 0.160. The van der Waals surface area contributed by atoms with Crippen LogP contribution in [0.1, 0.15) is 36.3 Å². The van der Waals surface area contributed by atoms with Gasteiger partial charge in [0.05, 0.1) is 17.4 Å². The molecule has 0 aliphatic heterocycles. The van der Waals surface area contributed by atoms with E-state index in [9.17, 15) is 4.39 Å². The number of rotatable bonds is 5. The van der Waals surface area contributed by atoms with Gasteiger partial charge >= 0.3 is 0 Å². The highest BCUT2D eigenvalue weighted by Crippen LogP contribution is 2.24. The van der Waals surface area contributed by atoms with Gasteiger partial charge in [0.2, 0.25) is 0 Å². The molecule has 19 heavy (non-hydrogen) atoms. The first-order valence-electron chi connectivity index (χ1n) is 6.61. The van der Waals surface area contributed by atoms with Crippen molar-refractivity contribution in [1.29, 1.82) is 0 Å². The molecular weight excluding hydrogens is 241 g/mol. The maximum absolute atomic E-state index is 14.0. The van der Waals surface area contributed by atoms with Gasteiger partial charge in [-0.3, -0.25) is 4.68 Å². The summed E-state index contributed by atoms with van der Waals surface area (Å²) in [6, 6.07) is 8.74. The van der Waals surface area contributed by atoms with Crippen LogP contribution in [-0.2, 0) is 7.05 Å². The van der Waals surface area contributed by atoms with E-state index in [0.717, 1.165) is 24.4 Å². The Morgan fingerprint density at radius 2 is 2.11 bits per heavy atom. The molecule has 1 N–H and O–H groups in total. The van der Waals surface area contributed by atoms with Gasteiger partial charge in [0.25, 0.3) is 0 Å². The lowest BCUT2D eigenvalue weighted by Gasteiger charge is -2.19. The van der Waals surface area contributed by atoms with Crippen LogP contribution in [0.2, 0.25) is 0 Å². The third kappa shape index (κ3) is 3.01. The molecule has 4 heteroatoms. The van der Waals surface area contributed by atoms with E-state index in [2.05, 4.69) is 17.3 Å². The quantitative estimate of drug-likeness (QED) is 0.896. The Bertz CT molecular complexity index is 548. The van der Waals surface area contributed by atoms with Gasteiger partial charge < -0.3 is 5.32 Å². The molecule has 0 aliphatic rings. The zero-order chi connectivity index (χ0) is 13.8. The SMILES string of the molecule is CCCNC(c1ccccc1F)c1cc(C)nn1C. The number of hydrogen-bond donors (Lipinski definition) is 1. The van der Waals surface area contributed by atoms with Gasteiger partial charge in [-0.15, -0.1) is 0 Å². The smallest absolute Gasteiger partial charge is 0.128 e. The van der Waals surface area contributed by atoms with Gasteiger partial charge in [-0.2, -0.15) is 5.10 Å². The molecule has 1 atom stereocenters. The van der Waals surface area contributed by atoms with Gasteiger partial charge in [-0.25, -0.2) is 4.39 Å². The lowest BCUT2D eigenvalue weighted by atomic mass is 10.0. The van der Waals surface area contributed by atoms with Crippen LogP contribution in [0.3, 0.4) is 0 Å². The summed E-state index contributed by atoms with van der Waals surface area (Å²) < 4.78 is 15.8. The van der Waals surface area contributed by atoms with E-state index in [1.807, 2.05) is 36.9 Å². The molecule has 1 unspecified atom stereocenters. The lowest BCUT2D eigenvalue weighted by molar-refractivity contribution is 0.520. The topological polar surface area (TPSA) is 29.9 Å². The minimum Gasteiger partial charge on any atom is -0.305 e. The monoisotopic (exact) mass is 261 g/mol. The van der Waals surface area contributed by atoms with E-state index in [-0.39, 0.29) is 11.9 Å². The summed E-state index contributed by atoms with van der Waals surface area (Å²) in [5.74, 6) is -0.185. The average molecular weight is 261 g/mol. The van der Waals surface area contributed by atoms with Crippen molar-refractivity contribution in [1.82, 2.24) is 15.1 Å². The molecule has 0 amide bonds. The van der Waals surface area contributed by atoms with Crippen LogP contribution in [0.25, 0.3) is 0 Å². The van der Waals surface area contributed by atoms with Crippen LogP contribution in [0, 0.1) is 12.7 Å². The van der Waals surface area contributed by atoms with Crippen LogP contribution >= 0.6 is 0 Å². The Kier molecular flexibility index (Phi) is 4.32. The molecule has 3 nitrogen and oxygen atoms in total. The number of aryl methyl sites for hydroxylation is 2. The molecule has 0 fully saturated rings. The van der Waals surface area contributed by atoms with Gasteiger partial charge in [-0.05, 0) is 32.0 Å². The van der Waals surface area contributed by atoms with E-state index in [1.54, 1.807) is 6.07 Å². The summed E-state index contributed by atoms with van der Waals surface area (Å²) in [5, 5.41) is 7.75.